The molecule has 0 saturated carbocycles. The minimum absolute atomic E-state index is 0.319. The van der Waals surface area contributed by atoms with Crippen LogP contribution in [-0.4, -0.2) is 25.7 Å². The highest BCUT2D eigenvalue weighted by Gasteiger charge is 2.17. The number of carbonyl (C=O) groups is 1. The van der Waals surface area contributed by atoms with Crippen LogP contribution < -0.4 is 10.1 Å². The highest BCUT2D eigenvalue weighted by Crippen LogP contribution is 2.16. The summed E-state index contributed by atoms with van der Waals surface area (Å²) in [6.45, 7) is 2.09. The van der Waals surface area contributed by atoms with Crippen LogP contribution in [0.1, 0.15) is 12.5 Å². The molecule has 1 atom stereocenters. The summed E-state index contributed by atoms with van der Waals surface area (Å²) >= 11 is 1.57. The summed E-state index contributed by atoms with van der Waals surface area (Å²) in [5, 5.41) is 6.95. The number of thiophene rings is 1. The predicted octanol–water partition coefficient (Wildman–Crippen LogP) is 3.15. The number of ether oxygens (including phenoxy) is 2. The SMILES string of the molecule is CCOC(=O)[C@H](C#Cc1ccsc1)Nc1ccc(OC)cc1. The largest absolute Gasteiger partial charge is 0.497 e. The van der Waals surface area contributed by atoms with E-state index < -0.39 is 6.04 Å². The van der Waals surface area contributed by atoms with Crippen LogP contribution in [0.4, 0.5) is 5.69 Å². The van der Waals surface area contributed by atoms with E-state index in [0.29, 0.717) is 6.61 Å². The molecule has 0 aliphatic heterocycles. The van der Waals surface area contributed by atoms with Crippen molar-refractivity contribution < 1.29 is 14.3 Å². The molecule has 114 valence electrons. The molecular weight excluding hydrogens is 298 g/mol. The highest BCUT2D eigenvalue weighted by molar-refractivity contribution is 7.08. The van der Waals surface area contributed by atoms with Crippen LogP contribution in [0.5, 0.6) is 5.75 Å². The van der Waals surface area contributed by atoms with Crippen LogP contribution in [0.15, 0.2) is 41.1 Å². The van der Waals surface area contributed by atoms with Gasteiger partial charge in [-0.15, -0.1) is 0 Å². The van der Waals surface area contributed by atoms with Gasteiger partial charge in [0.15, 0.2) is 6.04 Å². The van der Waals surface area contributed by atoms with Gasteiger partial charge in [0.25, 0.3) is 0 Å². The Labute approximate surface area is 134 Å². The van der Waals surface area contributed by atoms with Gasteiger partial charge in [-0.3, -0.25) is 0 Å². The zero-order chi connectivity index (χ0) is 15.8. The van der Waals surface area contributed by atoms with Gasteiger partial charge >= 0.3 is 5.97 Å². The molecule has 1 N–H and O–H groups in total. The molecule has 0 saturated heterocycles. The summed E-state index contributed by atoms with van der Waals surface area (Å²) in [5.41, 5.74) is 1.66. The predicted molar refractivity (Wildman–Crippen MR) is 88.2 cm³/mol. The van der Waals surface area contributed by atoms with Crippen molar-refractivity contribution in [2.24, 2.45) is 0 Å². The van der Waals surface area contributed by atoms with Crippen molar-refractivity contribution in [2.75, 3.05) is 19.0 Å². The lowest BCUT2D eigenvalue weighted by Gasteiger charge is -2.13. The number of hydrogen-bond acceptors (Lipinski definition) is 5. The van der Waals surface area contributed by atoms with Gasteiger partial charge in [0.2, 0.25) is 0 Å². The molecule has 5 heteroatoms. The van der Waals surface area contributed by atoms with E-state index >= 15 is 0 Å². The average Bonchev–Trinajstić information content (AvgIpc) is 3.05. The number of carbonyl (C=O) groups excluding carboxylic acids is 1. The van der Waals surface area contributed by atoms with Crippen LogP contribution in [0.2, 0.25) is 0 Å². The van der Waals surface area contributed by atoms with E-state index in [9.17, 15) is 4.79 Å². The first-order chi connectivity index (χ1) is 10.7. The monoisotopic (exact) mass is 315 g/mol. The number of esters is 1. The molecule has 1 heterocycles. The van der Waals surface area contributed by atoms with Crippen molar-refractivity contribution in [1.29, 1.82) is 0 Å². The minimum atomic E-state index is -0.715. The van der Waals surface area contributed by atoms with Gasteiger partial charge in [0.1, 0.15) is 5.75 Å². The first kappa shape index (κ1) is 15.9. The summed E-state index contributed by atoms with van der Waals surface area (Å²) in [5.74, 6) is 6.27. The molecule has 0 amide bonds. The highest BCUT2D eigenvalue weighted by atomic mass is 32.1. The maximum Gasteiger partial charge on any atom is 0.341 e. The van der Waals surface area contributed by atoms with Crippen molar-refractivity contribution in [3.63, 3.8) is 0 Å². The van der Waals surface area contributed by atoms with Crippen molar-refractivity contribution >= 4 is 23.0 Å². The van der Waals surface area contributed by atoms with E-state index in [1.54, 1.807) is 25.4 Å². The summed E-state index contributed by atoms with van der Waals surface area (Å²) in [7, 11) is 1.61. The lowest BCUT2D eigenvalue weighted by atomic mass is 10.2. The van der Waals surface area contributed by atoms with Crippen molar-refractivity contribution in [1.82, 2.24) is 0 Å². The van der Waals surface area contributed by atoms with E-state index in [0.717, 1.165) is 17.0 Å². The van der Waals surface area contributed by atoms with Gasteiger partial charge < -0.3 is 14.8 Å². The number of anilines is 1. The number of hydrogen-bond donors (Lipinski definition) is 1. The third kappa shape index (κ3) is 4.54. The van der Waals surface area contributed by atoms with Gasteiger partial charge in [-0.2, -0.15) is 11.3 Å². The van der Waals surface area contributed by atoms with E-state index in [2.05, 4.69) is 17.2 Å². The number of methoxy groups -OCH3 is 1. The van der Waals surface area contributed by atoms with Crippen LogP contribution in [0.3, 0.4) is 0 Å². The second-order valence-corrected chi connectivity index (χ2v) is 5.12. The fourth-order valence-corrected chi connectivity index (χ4v) is 2.31. The molecule has 22 heavy (non-hydrogen) atoms. The maximum atomic E-state index is 12.0. The van der Waals surface area contributed by atoms with E-state index in [1.165, 1.54) is 0 Å². The normalized spacial score (nSPS) is 11.0. The molecule has 1 aromatic carbocycles. The van der Waals surface area contributed by atoms with Gasteiger partial charge in [-0.05, 0) is 42.6 Å². The third-order valence-electron chi connectivity index (χ3n) is 2.81. The van der Waals surface area contributed by atoms with Crippen LogP contribution in [0, 0.1) is 11.8 Å². The first-order valence-corrected chi connectivity index (χ1v) is 7.78. The van der Waals surface area contributed by atoms with Crippen LogP contribution >= 0.6 is 11.3 Å². The summed E-state index contributed by atoms with van der Waals surface area (Å²) in [6.07, 6.45) is 0. The Bertz CT molecular complexity index is 653. The molecule has 0 fully saturated rings. The van der Waals surface area contributed by atoms with E-state index in [-0.39, 0.29) is 5.97 Å². The maximum absolute atomic E-state index is 12.0. The summed E-state index contributed by atoms with van der Waals surface area (Å²) < 4.78 is 10.2. The smallest absolute Gasteiger partial charge is 0.341 e. The quantitative estimate of drug-likeness (QED) is 0.680. The summed E-state index contributed by atoms with van der Waals surface area (Å²) in [4.78, 5) is 12.0. The van der Waals surface area contributed by atoms with E-state index in [1.807, 2.05) is 41.1 Å². The lowest BCUT2D eigenvalue weighted by Crippen LogP contribution is -2.30. The molecule has 0 radical (unpaired) electrons. The number of nitrogens with one attached hydrogen (secondary N) is 1. The first-order valence-electron chi connectivity index (χ1n) is 6.84. The van der Waals surface area contributed by atoms with Crippen molar-refractivity contribution in [2.45, 2.75) is 13.0 Å². The molecular formula is C17H17NO3S. The fourth-order valence-electron chi connectivity index (χ4n) is 1.72. The Balaban J connectivity index is 2.14. The molecule has 1 aromatic heterocycles. The zero-order valence-electron chi connectivity index (χ0n) is 12.5. The van der Waals surface area contributed by atoms with Crippen molar-refractivity contribution in [3.8, 4) is 17.6 Å². The molecule has 2 rings (SSSR count). The minimum Gasteiger partial charge on any atom is -0.497 e. The van der Waals surface area contributed by atoms with E-state index in [4.69, 9.17) is 9.47 Å². The molecule has 0 aliphatic rings. The van der Waals surface area contributed by atoms with Crippen LogP contribution in [0.25, 0.3) is 0 Å². The average molecular weight is 315 g/mol. The standard InChI is InChI=1S/C17H17NO3S/c1-3-21-17(19)16(9-4-13-10-11-22-12-13)18-14-5-7-15(20-2)8-6-14/h5-8,10-12,16,18H,3H2,1-2H3/t16-/m0/s1. The molecule has 0 bridgehead atoms. The van der Waals surface area contributed by atoms with Crippen LogP contribution in [-0.2, 0) is 9.53 Å². The Hall–Kier alpha value is -2.45. The van der Waals surface area contributed by atoms with Crippen molar-refractivity contribution in [3.05, 3.63) is 46.7 Å². The Morgan fingerprint density at radius 1 is 1.32 bits per heavy atom. The Morgan fingerprint density at radius 2 is 2.09 bits per heavy atom. The molecule has 2 aromatic rings. The number of rotatable bonds is 5. The van der Waals surface area contributed by atoms with Gasteiger partial charge in [0, 0.05) is 16.6 Å². The Kier molecular flexibility index (Phi) is 5.87. The van der Waals surface area contributed by atoms with Gasteiger partial charge in [-0.1, -0.05) is 11.8 Å². The topological polar surface area (TPSA) is 47.6 Å². The number of benzene rings is 1. The molecule has 0 aliphatic carbocycles. The molecule has 0 spiro atoms. The molecule has 0 unspecified atom stereocenters. The summed E-state index contributed by atoms with van der Waals surface area (Å²) in [6, 6.07) is 8.49. The Morgan fingerprint density at radius 3 is 2.68 bits per heavy atom. The van der Waals surface area contributed by atoms with Gasteiger partial charge in [0.05, 0.1) is 13.7 Å². The third-order valence-corrected chi connectivity index (χ3v) is 3.49. The fraction of sp³-hybridized carbons (Fsp3) is 0.235. The molecule has 4 nitrogen and oxygen atoms in total. The lowest BCUT2D eigenvalue weighted by molar-refractivity contribution is -0.142. The second kappa shape index (κ2) is 8.11. The second-order valence-electron chi connectivity index (χ2n) is 4.34. The van der Waals surface area contributed by atoms with Gasteiger partial charge in [-0.25, -0.2) is 4.79 Å². The zero-order valence-corrected chi connectivity index (χ0v) is 13.3.